The monoisotopic (exact) mass is 727 g/mol. The average Bonchev–Trinajstić information content (AvgIpc) is 3.35. The third-order valence-electron chi connectivity index (χ3n) is 10.7. The minimum Gasteiger partial charge on any atom is -0.406 e. The standard InChI is InChI=1S/C38H42Cl2F3N5O2/c39-32-4-3-5-33(40)28(32)19-46-36-30-21-47(22-31(30)36)20-24-7-12-34-27(18-24)29(25-8-10-26(11-9-25)50-38(41,42)43)23-48(34)17-2-1-6-35(49)37(44)13-15-45-16-14-37/h3-5,7-12,18,23,30-31,36,45-46H,1-2,6,13-17,19-22,44H2. The molecule has 0 radical (unpaired) electrons. The van der Waals surface area contributed by atoms with E-state index in [0.29, 0.717) is 60.3 Å². The maximum atomic E-state index is 12.9. The van der Waals surface area contributed by atoms with Crippen molar-refractivity contribution in [2.24, 2.45) is 17.6 Å². The van der Waals surface area contributed by atoms with Crippen molar-refractivity contribution in [1.29, 1.82) is 0 Å². The van der Waals surface area contributed by atoms with Crippen molar-refractivity contribution in [3.05, 3.63) is 88.0 Å². The molecular formula is C38H42Cl2F3N5O2. The Bertz CT molecular complexity index is 1810. The van der Waals surface area contributed by atoms with Crippen LogP contribution in [-0.4, -0.2) is 59.4 Å². The number of carbonyl (C=O) groups is 1. The molecule has 0 amide bonds. The van der Waals surface area contributed by atoms with Crippen molar-refractivity contribution in [2.45, 2.75) is 69.7 Å². The number of piperidine rings is 2. The molecule has 50 heavy (non-hydrogen) atoms. The van der Waals surface area contributed by atoms with Gasteiger partial charge in [0, 0.05) is 83.5 Å². The Morgan fingerprint density at radius 1 is 1.00 bits per heavy atom. The second-order valence-electron chi connectivity index (χ2n) is 14.1. The van der Waals surface area contributed by atoms with E-state index in [1.807, 2.05) is 18.2 Å². The number of ketones is 1. The van der Waals surface area contributed by atoms with Crippen molar-refractivity contribution >= 4 is 39.9 Å². The van der Waals surface area contributed by atoms with Crippen LogP contribution in [0.1, 0.15) is 43.2 Å². The van der Waals surface area contributed by atoms with E-state index in [1.165, 1.54) is 17.7 Å². The van der Waals surface area contributed by atoms with E-state index in [0.717, 1.165) is 73.2 Å². The lowest BCUT2D eigenvalue weighted by Gasteiger charge is -2.32. The average molecular weight is 729 g/mol. The van der Waals surface area contributed by atoms with Crippen LogP contribution < -0.4 is 21.1 Å². The van der Waals surface area contributed by atoms with Gasteiger partial charge in [-0.05, 0) is 98.1 Å². The first-order valence-electron chi connectivity index (χ1n) is 17.4. The SMILES string of the molecule is NC1(C(=O)CCCCn2cc(-c3ccc(OC(F)(F)F)cc3)c3cc(CN4CC5C(C4)C5NCc4c(Cl)cccc4Cl)ccc32)CCNCC1. The summed E-state index contributed by atoms with van der Waals surface area (Å²) in [6.45, 7) is 5.71. The fourth-order valence-electron chi connectivity index (χ4n) is 7.89. The molecule has 7 rings (SSSR count). The number of carbonyl (C=O) groups excluding carboxylic acids is 1. The lowest BCUT2D eigenvalue weighted by atomic mass is 9.83. The van der Waals surface area contributed by atoms with E-state index in [4.69, 9.17) is 28.9 Å². The molecule has 2 saturated heterocycles. The quantitative estimate of drug-likeness (QED) is 0.123. The van der Waals surface area contributed by atoms with Gasteiger partial charge in [0.15, 0.2) is 5.78 Å². The Balaban J connectivity index is 1.02. The number of nitrogens with one attached hydrogen (secondary N) is 2. The molecular weight excluding hydrogens is 686 g/mol. The number of fused-ring (bicyclic) bond motifs is 2. The van der Waals surface area contributed by atoms with E-state index in [-0.39, 0.29) is 11.5 Å². The lowest BCUT2D eigenvalue weighted by molar-refractivity contribution is -0.274. The molecule has 266 valence electrons. The van der Waals surface area contributed by atoms with Crippen LogP contribution in [0.5, 0.6) is 5.75 Å². The van der Waals surface area contributed by atoms with E-state index < -0.39 is 11.9 Å². The van der Waals surface area contributed by atoms with Gasteiger partial charge in [-0.25, -0.2) is 0 Å². The van der Waals surface area contributed by atoms with Gasteiger partial charge < -0.3 is 25.7 Å². The number of hydrogen-bond acceptors (Lipinski definition) is 6. The van der Waals surface area contributed by atoms with E-state index >= 15 is 0 Å². The zero-order valence-electron chi connectivity index (χ0n) is 27.7. The highest BCUT2D eigenvalue weighted by molar-refractivity contribution is 6.36. The van der Waals surface area contributed by atoms with Crippen LogP contribution in [-0.2, 0) is 24.4 Å². The number of halogens is 5. The summed E-state index contributed by atoms with van der Waals surface area (Å²) in [6, 6.07) is 18.6. The number of benzene rings is 3. The maximum Gasteiger partial charge on any atom is 0.573 e. The fourth-order valence-corrected chi connectivity index (χ4v) is 8.42. The summed E-state index contributed by atoms with van der Waals surface area (Å²) in [5.74, 6) is 1.06. The fraction of sp³-hybridized carbons (Fsp3) is 0.447. The number of aromatic nitrogens is 1. The molecule has 1 aromatic heterocycles. The molecule has 7 nitrogen and oxygen atoms in total. The topological polar surface area (TPSA) is 84.5 Å². The number of rotatable bonds is 13. The highest BCUT2D eigenvalue weighted by atomic mass is 35.5. The molecule has 12 heteroatoms. The Morgan fingerprint density at radius 3 is 2.38 bits per heavy atom. The number of nitrogens with two attached hydrogens (primary N) is 1. The number of likely N-dealkylation sites (tertiary alicyclic amines) is 1. The summed E-state index contributed by atoms with van der Waals surface area (Å²) in [5, 5.41) is 9.32. The van der Waals surface area contributed by atoms with Crippen molar-refractivity contribution in [3.63, 3.8) is 0 Å². The van der Waals surface area contributed by atoms with Crippen molar-refractivity contribution in [3.8, 4) is 16.9 Å². The van der Waals surface area contributed by atoms with Gasteiger partial charge in [0.1, 0.15) is 5.75 Å². The summed E-state index contributed by atoms with van der Waals surface area (Å²) in [4.78, 5) is 15.4. The lowest BCUT2D eigenvalue weighted by Crippen LogP contribution is -2.54. The van der Waals surface area contributed by atoms with Gasteiger partial charge in [0.25, 0.3) is 0 Å². The Kier molecular flexibility index (Phi) is 10.2. The minimum absolute atomic E-state index is 0.134. The molecule has 1 aliphatic carbocycles. The van der Waals surface area contributed by atoms with Crippen LogP contribution >= 0.6 is 23.2 Å². The first-order chi connectivity index (χ1) is 24.0. The number of alkyl halides is 3. The number of unbranched alkanes of at least 4 members (excludes halogenated alkanes) is 1. The summed E-state index contributed by atoms with van der Waals surface area (Å²) in [6.07, 6.45) is 0.650. The van der Waals surface area contributed by atoms with E-state index in [9.17, 15) is 18.0 Å². The summed E-state index contributed by atoms with van der Waals surface area (Å²) in [7, 11) is 0. The van der Waals surface area contributed by atoms with Gasteiger partial charge in [-0.3, -0.25) is 9.69 Å². The van der Waals surface area contributed by atoms with Crippen molar-refractivity contribution in [1.82, 2.24) is 20.1 Å². The van der Waals surface area contributed by atoms with Crippen LogP contribution in [0.4, 0.5) is 13.2 Å². The van der Waals surface area contributed by atoms with Gasteiger partial charge in [-0.15, -0.1) is 13.2 Å². The number of Topliss-reactive ketones (excluding diaryl/α,β-unsaturated/α-hetero) is 1. The van der Waals surface area contributed by atoms with Crippen LogP contribution in [0.25, 0.3) is 22.0 Å². The molecule has 3 heterocycles. The highest BCUT2D eigenvalue weighted by Crippen LogP contribution is 2.46. The zero-order valence-corrected chi connectivity index (χ0v) is 29.3. The van der Waals surface area contributed by atoms with Crippen LogP contribution in [0.2, 0.25) is 10.0 Å². The maximum absolute atomic E-state index is 12.9. The first kappa shape index (κ1) is 35.3. The second-order valence-corrected chi connectivity index (χ2v) is 14.9. The van der Waals surface area contributed by atoms with Gasteiger partial charge in [0.05, 0.1) is 5.54 Å². The molecule has 2 aliphatic heterocycles. The molecule has 0 bridgehead atoms. The van der Waals surface area contributed by atoms with Crippen molar-refractivity contribution in [2.75, 3.05) is 26.2 Å². The zero-order chi connectivity index (χ0) is 35.0. The molecule has 3 aromatic carbocycles. The molecule has 3 fully saturated rings. The summed E-state index contributed by atoms with van der Waals surface area (Å²) < 4.78 is 44.8. The van der Waals surface area contributed by atoms with Crippen LogP contribution in [0.3, 0.4) is 0 Å². The third-order valence-corrected chi connectivity index (χ3v) is 11.4. The Labute approximate surface area is 300 Å². The molecule has 1 saturated carbocycles. The molecule has 0 spiro atoms. The van der Waals surface area contributed by atoms with Gasteiger partial charge in [-0.1, -0.05) is 47.5 Å². The summed E-state index contributed by atoms with van der Waals surface area (Å²) >= 11 is 12.7. The normalized spacial score (nSPS) is 21.8. The Morgan fingerprint density at radius 2 is 1.70 bits per heavy atom. The number of nitrogens with zero attached hydrogens (tertiary/aromatic N) is 2. The van der Waals surface area contributed by atoms with Gasteiger partial charge in [-0.2, -0.15) is 0 Å². The van der Waals surface area contributed by atoms with Crippen LogP contribution in [0.15, 0.2) is 66.9 Å². The first-order valence-corrected chi connectivity index (χ1v) is 18.1. The molecule has 3 aliphatic rings. The largest absolute Gasteiger partial charge is 0.573 e. The molecule has 2 atom stereocenters. The van der Waals surface area contributed by atoms with E-state index in [1.54, 1.807) is 12.1 Å². The number of hydrogen-bond donors (Lipinski definition) is 3. The van der Waals surface area contributed by atoms with Gasteiger partial charge in [0.2, 0.25) is 0 Å². The number of aryl methyl sites for hydroxylation is 1. The summed E-state index contributed by atoms with van der Waals surface area (Å²) in [5.41, 5.74) is 10.6. The predicted molar refractivity (Wildman–Crippen MR) is 191 cm³/mol. The molecule has 4 N–H and O–H groups in total. The molecule has 2 unspecified atom stereocenters. The minimum atomic E-state index is -4.75. The molecule has 4 aromatic rings. The van der Waals surface area contributed by atoms with E-state index in [2.05, 4.69) is 49.2 Å². The second kappa shape index (κ2) is 14.5. The third kappa shape index (κ3) is 7.86. The van der Waals surface area contributed by atoms with Crippen LogP contribution in [0, 0.1) is 11.8 Å². The smallest absolute Gasteiger partial charge is 0.406 e. The predicted octanol–water partition coefficient (Wildman–Crippen LogP) is 7.55. The Hall–Kier alpha value is -3.12. The van der Waals surface area contributed by atoms with Gasteiger partial charge >= 0.3 is 6.36 Å². The highest BCUT2D eigenvalue weighted by Gasteiger charge is 2.55. The number of ether oxygens (including phenoxy) is 1. The van der Waals surface area contributed by atoms with Crippen molar-refractivity contribution < 1.29 is 22.7 Å².